The summed E-state index contributed by atoms with van der Waals surface area (Å²) < 4.78 is 27.9. The van der Waals surface area contributed by atoms with Gasteiger partial charge in [0, 0.05) is 48.3 Å². The zero-order valence-electron chi connectivity index (χ0n) is 19.6. The lowest BCUT2D eigenvalue weighted by atomic mass is 10.1. The number of aromatic nitrogens is 1. The molecule has 0 aliphatic carbocycles. The zero-order valence-corrected chi connectivity index (χ0v) is 19.6. The normalized spacial score (nSPS) is 12.4. The standard InChI is InChI=1S/C25H25F2N3O.C2H6/c1-17(21-12-13-29-16-24(21)27)14-20(31)8-7-11-25(18(2)15-28-4)30-19(3)22-9-5-6-10-23(22)26;1-2/h5-6,9-16,31H,1-2,7-8H2,3-4H3;1-2H3/b20-14-,25-11+,28-15?,30-19?;. The van der Waals surface area contributed by atoms with E-state index in [-0.39, 0.29) is 23.6 Å². The molecule has 0 amide bonds. The fourth-order valence-electron chi connectivity index (χ4n) is 2.81. The molecule has 0 bridgehead atoms. The van der Waals surface area contributed by atoms with E-state index in [0.29, 0.717) is 34.5 Å². The highest BCUT2D eigenvalue weighted by Crippen LogP contribution is 2.20. The van der Waals surface area contributed by atoms with Gasteiger partial charge in [-0.15, -0.1) is 0 Å². The van der Waals surface area contributed by atoms with Crippen molar-refractivity contribution < 1.29 is 13.9 Å². The summed E-state index contributed by atoms with van der Waals surface area (Å²) >= 11 is 0. The highest BCUT2D eigenvalue weighted by Gasteiger charge is 2.08. The predicted octanol–water partition coefficient (Wildman–Crippen LogP) is 7.27. The molecule has 174 valence electrons. The number of hydrogen-bond donors (Lipinski definition) is 1. The lowest BCUT2D eigenvalue weighted by Gasteiger charge is -2.07. The van der Waals surface area contributed by atoms with E-state index in [9.17, 15) is 13.9 Å². The van der Waals surface area contributed by atoms with Gasteiger partial charge in [-0.1, -0.05) is 51.3 Å². The minimum absolute atomic E-state index is 0.0430. The minimum Gasteiger partial charge on any atom is -0.512 e. The number of hydrogen-bond acceptors (Lipinski definition) is 4. The third kappa shape index (κ3) is 8.77. The highest BCUT2D eigenvalue weighted by atomic mass is 19.1. The van der Waals surface area contributed by atoms with Crippen molar-refractivity contribution in [3.8, 4) is 0 Å². The first kappa shape index (κ1) is 27.4. The number of halogens is 2. The molecule has 0 aliphatic rings. The molecule has 0 radical (unpaired) electrons. The predicted molar refractivity (Wildman–Crippen MR) is 135 cm³/mol. The van der Waals surface area contributed by atoms with Crippen LogP contribution < -0.4 is 0 Å². The Hall–Kier alpha value is -3.67. The number of aliphatic imine (C=N–C) groups is 2. The summed E-state index contributed by atoms with van der Waals surface area (Å²) in [5, 5.41) is 10.2. The van der Waals surface area contributed by atoms with Gasteiger partial charge in [0.2, 0.25) is 0 Å². The smallest absolute Gasteiger partial charge is 0.149 e. The van der Waals surface area contributed by atoms with Gasteiger partial charge in [-0.3, -0.25) is 15.0 Å². The van der Waals surface area contributed by atoms with Crippen molar-refractivity contribution in [2.75, 3.05) is 7.05 Å². The Morgan fingerprint density at radius 1 is 1.09 bits per heavy atom. The first-order valence-electron chi connectivity index (χ1n) is 10.6. The van der Waals surface area contributed by atoms with Crippen LogP contribution in [0.15, 0.2) is 95.0 Å². The quantitative estimate of drug-likeness (QED) is 0.248. The third-order valence-corrected chi connectivity index (χ3v) is 4.36. The molecule has 0 saturated heterocycles. The molecule has 4 nitrogen and oxygen atoms in total. The molecule has 1 N–H and O–H groups in total. The number of aliphatic hydroxyl groups excluding tert-OH is 1. The van der Waals surface area contributed by atoms with Gasteiger partial charge in [0.25, 0.3) is 0 Å². The molecule has 1 heterocycles. The summed E-state index contributed by atoms with van der Waals surface area (Å²) in [6.07, 6.45) is 8.02. The zero-order chi connectivity index (χ0) is 24.8. The van der Waals surface area contributed by atoms with Gasteiger partial charge in [0.05, 0.1) is 17.7 Å². The van der Waals surface area contributed by atoms with E-state index in [1.165, 1.54) is 24.4 Å². The molecule has 0 spiro atoms. The summed E-state index contributed by atoms with van der Waals surface area (Å²) in [4.78, 5) is 12.2. The van der Waals surface area contributed by atoms with E-state index < -0.39 is 5.82 Å². The Labute approximate surface area is 195 Å². The van der Waals surface area contributed by atoms with Crippen molar-refractivity contribution in [1.82, 2.24) is 4.98 Å². The molecular formula is C27H31F2N3O. The van der Waals surface area contributed by atoms with E-state index in [0.717, 1.165) is 6.20 Å². The van der Waals surface area contributed by atoms with E-state index in [4.69, 9.17) is 0 Å². The lowest BCUT2D eigenvalue weighted by Crippen LogP contribution is -2.00. The minimum atomic E-state index is -0.508. The number of aliphatic hydroxyl groups is 1. The summed E-state index contributed by atoms with van der Waals surface area (Å²) in [6.45, 7) is 13.5. The van der Waals surface area contributed by atoms with Crippen molar-refractivity contribution in [3.05, 3.63) is 108 Å². The van der Waals surface area contributed by atoms with Crippen LogP contribution in [0.3, 0.4) is 0 Å². The molecule has 6 heteroatoms. The Morgan fingerprint density at radius 2 is 1.79 bits per heavy atom. The summed E-state index contributed by atoms with van der Waals surface area (Å²) in [5.41, 5.74) is 2.60. The van der Waals surface area contributed by atoms with Gasteiger partial charge in [-0.05, 0) is 37.1 Å². The lowest BCUT2D eigenvalue weighted by molar-refractivity contribution is 0.390. The number of pyridine rings is 1. The Bertz CT molecular complexity index is 1080. The Kier molecular flexibility index (Phi) is 11.9. The number of nitrogens with zero attached hydrogens (tertiary/aromatic N) is 3. The van der Waals surface area contributed by atoms with Gasteiger partial charge < -0.3 is 5.11 Å². The maximum Gasteiger partial charge on any atom is 0.149 e. The molecule has 0 aliphatic heterocycles. The van der Waals surface area contributed by atoms with Crippen LogP contribution in [0.2, 0.25) is 0 Å². The second-order valence-corrected chi connectivity index (χ2v) is 6.73. The fourth-order valence-corrected chi connectivity index (χ4v) is 2.81. The van der Waals surface area contributed by atoms with Gasteiger partial charge >= 0.3 is 0 Å². The molecule has 33 heavy (non-hydrogen) atoms. The van der Waals surface area contributed by atoms with Crippen molar-refractivity contribution in [1.29, 1.82) is 0 Å². The fraction of sp³-hybridized carbons (Fsp3) is 0.222. The average Bonchev–Trinajstić information content (AvgIpc) is 2.80. The van der Waals surface area contributed by atoms with Crippen molar-refractivity contribution in [3.63, 3.8) is 0 Å². The molecule has 2 rings (SSSR count). The number of benzene rings is 1. The Balaban J connectivity index is 0.00000265. The molecule has 1 aromatic heterocycles. The average molecular weight is 452 g/mol. The van der Waals surface area contributed by atoms with Crippen molar-refractivity contribution in [2.24, 2.45) is 9.98 Å². The van der Waals surface area contributed by atoms with Crippen LogP contribution in [-0.4, -0.2) is 29.1 Å². The molecule has 0 unspecified atom stereocenters. The second kappa shape index (κ2) is 14.4. The van der Waals surface area contributed by atoms with E-state index in [1.807, 2.05) is 13.8 Å². The van der Waals surface area contributed by atoms with Crippen molar-refractivity contribution in [2.45, 2.75) is 33.6 Å². The second-order valence-electron chi connectivity index (χ2n) is 6.73. The van der Waals surface area contributed by atoms with Crippen molar-refractivity contribution >= 4 is 17.5 Å². The first-order valence-corrected chi connectivity index (χ1v) is 10.6. The summed E-state index contributed by atoms with van der Waals surface area (Å²) in [7, 11) is 1.62. The van der Waals surface area contributed by atoms with E-state index in [1.54, 1.807) is 44.5 Å². The van der Waals surface area contributed by atoms with Gasteiger partial charge in [0.1, 0.15) is 11.6 Å². The van der Waals surface area contributed by atoms with Crippen LogP contribution in [0.25, 0.3) is 5.57 Å². The summed E-state index contributed by atoms with van der Waals surface area (Å²) in [6, 6.07) is 7.88. The molecule has 0 saturated carbocycles. The van der Waals surface area contributed by atoms with Crippen LogP contribution in [-0.2, 0) is 0 Å². The van der Waals surface area contributed by atoms with E-state index in [2.05, 4.69) is 28.1 Å². The number of allylic oxidation sites excluding steroid dienone is 5. The monoisotopic (exact) mass is 451 g/mol. The van der Waals surface area contributed by atoms with Gasteiger partial charge in [-0.2, -0.15) is 0 Å². The van der Waals surface area contributed by atoms with Crippen LogP contribution in [0.5, 0.6) is 0 Å². The maximum absolute atomic E-state index is 14.1. The molecule has 0 fully saturated rings. The Morgan fingerprint density at radius 3 is 2.42 bits per heavy atom. The molecule has 1 aromatic carbocycles. The van der Waals surface area contributed by atoms with Crippen LogP contribution in [0, 0.1) is 11.6 Å². The highest BCUT2D eigenvalue weighted by molar-refractivity contribution is 6.00. The van der Waals surface area contributed by atoms with Gasteiger partial charge in [0.15, 0.2) is 0 Å². The number of rotatable bonds is 9. The van der Waals surface area contributed by atoms with Crippen LogP contribution in [0.4, 0.5) is 8.78 Å². The van der Waals surface area contributed by atoms with Crippen LogP contribution >= 0.6 is 0 Å². The maximum atomic E-state index is 14.1. The van der Waals surface area contributed by atoms with Crippen LogP contribution in [0.1, 0.15) is 44.7 Å². The molecule has 2 aromatic rings. The first-order chi connectivity index (χ1) is 15.8. The third-order valence-electron chi connectivity index (χ3n) is 4.36. The van der Waals surface area contributed by atoms with E-state index >= 15 is 0 Å². The molecular weight excluding hydrogens is 420 g/mol. The summed E-state index contributed by atoms with van der Waals surface area (Å²) in [5.74, 6) is -0.825. The largest absolute Gasteiger partial charge is 0.512 e. The topological polar surface area (TPSA) is 57.8 Å². The SMILES string of the molecule is C=C(C=NC)/C(=C\CC/C(O)=C/C(=C)c1ccncc1F)N=C(C)c1ccccc1F.CC. The van der Waals surface area contributed by atoms with Gasteiger partial charge in [-0.25, -0.2) is 8.78 Å². The molecule has 0 atom stereocenters.